The van der Waals surface area contributed by atoms with E-state index < -0.39 is 17.1 Å². The fourth-order valence-corrected chi connectivity index (χ4v) is 3.92. The molecule has 8 nitrogen and oxygen atoms in total. The van der Waals surface area contributed by atoms with Gasteiger partial charge in [-0.2, -0.15) is 0 Å². The number of nitrogens with one attached hydrogen (secondary N) is 1. The zero-order valence-corrected chi connectivity index (χ0v) is 20.9. The van der Waals surface area contributed by atoms with Crippen molar-refractivity contribution in [3.05, 3.63) is 92.3 Å². The highest BCUT2D eigenvalue weighted by Gasteiger charge is 2.19. The van der Waals surface area contributed by atoms with Crippen molar-refractivity contribution in [2.75, 3.05) is 19.5 Å². The standard InChI is InChI=1S/C26H22BrN3O5/c1-15-4-10-19-25(33)20(24(32)16-5-7-17(27)8-6-16)13-30(26(19)28-15)14-23(31)29-21-12-18(34-2)9-11-22(21)35-3/h4-13H,14H2,1-3H3,(H,29,31). The van der Waals surface area contributed by atoms with E-state index in [0.717, 1.165) is 4.47 Å². The molecule has 0 aliphatic rings. The number of hydrogen-bond acceptors (Lipinski definition) is 6. The molecule has 0 unspecified atom stereocenters. The molecule has 0 aliphatic carbocycles. The Morgan fingerprint density at radius 2 is 1.77 bits per heavy atom. The second-order valence-corrected chi connectivity index (χ2v) is 8.69. The molecule has 0 fully saturated rings. The topological polar surface area (TPSA) is 99.5 Å². The van der Waals surface area contributed by atoms with Crippen LogP contribution in [0.1, 0.15) is 21.6 Å². The lowest BCUT2D eigenvalue weighted by Crippen LogP contribution is -2.25. The van der Waals surface area contributed by atoms with E-state index in [0.29, 0.717) is 34.1 Å². The SMILES string of the molecule is COc1ccc(OC)c(NC(=O)Cn2cc(C(=O)c3ccc(Br)cc3)c(=O)c3ccc(C)nc32)c1. The Morgan fingerprint density at radius 1 is 1.03 bits per heavy atom. The van der Waals surface area contributed by atoms with Crippen LogP contribution in [-0.2, 0) is 11.3 Å². The Hall–Kier alpha value is -3.98. The van der Waals surface area contributed by atoms with Crippen LogP contribution >= 0.6 is 15.9 Å². The molecule has 4 rings (SSSR count). The molecule has 1 amide bonds. The molecule has 0 atom stereocenters. The molecule has 0 radical (unpaired) electrons. The normalized spacial score (nSPS) is 10.7. The number of carbonyl (C=O) groups is 2. The highest BCUT2D eigenvalue weighted by Crippen LogP contribution is 2.29. The third kappa shape index (κ3) is 5.09. The number of fused-ring (bicyclic) bond motifs is 1. The van der Waals surface area contributed by atoms with E-state index >= 15 is 0 Å². The van der Waals surface area contributed by atoms with Crippen molar-refractivity contribution < 1.29 is 19.1 Å². The number of ketones is 1. The number of rotatable bonds is 7. The van der Waals surface area contributed by atoms with Gasteiger partial charge in [0.2, 0.25) is 11.3 Å². The summed E-state index contributed by atoms with van der Waals surface area (Å²) < 4.78 is 12.9. The largest absolute Gasteiger partial charge is 0.497 e. The Balaban J connectivity index is 1.75. The highest BCUT2D eigenvalue weighted by molar-refractivity contribution is 9.10. The number of pyridine rings is 2. The maximum Gasteiger partial charge on any atom is 0.244 e. The van der Waals surface area contributed by atoms with Crippen LogP contribution < -0.4 is 20.2 Å². The van der Waals surface area contributed by atoms with Gasteiger partial charge < -0.3 is 19.4 Å². The van der Waals surface area contributed by atoms with Gasteiger partial charge in [-0.3, -0.25) is 14.4 Å². The number of anilines is 1. The van der Waals surface area contributed by atoms with Gasteiger partial charge in [-0.15, -0.1) is 0 Å². The molecular weight excluding hydrogens is 514 g/mol. The summed E-state index contributed by atoms with van der Waals surface area (Å²) in [5.74, 6) is 0.180. The van der Waals surface area contributed by atoms with Crippen LogP contribution in [0.2, 0.25) is 0 Å². The number of nitrogens with zero attached hydrogens (tertiary/aromatic N) is 2. The first-order valence-corrected chi connectivity index (χ1v) is 11.4. The number of benzene rings is 2. The number of aromatic nitrogens is 2. The second kappa shape index (κ2) is 10.1. The number of aryl methyl sites for hydroxylation is 1. The van der Waals surface area contributed by atoms with Crippen molar-refractivity contribution >= 4 is 44.3 Å². The second-order valence-electron chi connectivity index (χ2n) is 7.77. The molecule has 9 heteroatoms. The van der Waals surface area contributed by atoms with Gasteiger partial charge in [-0.1, -0.05) is 15.9 Å². The maximum atomic E-state index is 13.2. The van der Waals surface area contributed by atoms with E-state index in [2.05, 4.69) is 26.2 Å². The molecule has 0 saturated carbocycles. The average molecular weight is 536 g/mol. The van der Waals surface area contributed by atoms with Gasteiger partial charge in [0.25, 0.3) is 0 Å². The molecule has 178 valence electrons. The van der Waals surface area contributed by atoms with Crippen molar-refractivity contribution in [2.45, 2.75) is 13.5 Å². The predicted molar refractivity (Wildman–Crippen MR) is 136 cm³/mol. The van der Waals surface area contributed by atoms with Crippen molar-refractivity contribution in [1.29, 1.82) is 0 Å². The first-order chi connectivity index (χ1) is 16.8. The summed E-state index contributed by atoms with van der Waals surface area (Å²) in [6, 6.07) is 15.1. The number of ether oxygens (including phenoxy) is 2. The zero-order valence-electron chi connectivity index (χ0n) is 19.3. The van der Waals surface area contributed by atoms with E-state index in [1.165, 1.54) is 25.0 Å². The molecule has 0 saturated heterocycles. The highest BCUT2D eigenvalue weighted by atomic mass is 79.9. The summed E-state index contributed by atoms with van der Waals surface area (Å²) in [6.45, 7) is 1.60. The lowest BCUT2D eigenvalue weighted by atomic mass is 10.0. The minimum absolute atomic E-state index is 0.0442. The minimum Gasteiger partial charge on any atom is -0.497 e. The van der Waals surface area contributed by atoms with Crippen LogP contribution in [0.5, 0.6) is 11.5 Å². The number of amides is 1. The fourth-order valence-electron chi connectivity index (χ4n) is 3.66. The number of methoxy groups -OCH3 is 2. The molecule has 1 N–H and O–H groups in total. The minimum atomic E-state index is -0.438. The van der Waals surface area contributed by atoms with Crippen LogP contribution in [0.25, 0.3) is 11.0 Å². The smallest absolute Gasteiger partial charge is 0.244 e. The lowest BCUT2D eigenvalue weighted by molar-refractivity contribution is -0.116. The van der Waals surface area contributed by atoms with Gasteiger partial charge in [0.1, 0.15) is 23.7 Å². The number of hydrogen-bond donors (Lipinski definition) is 1. The first kappa shape index (κ1) is 24.2. The van der Waals surface area contributed by atoms with Crippen LogP contribution in [0.3, 0.4) is 0 Å². The first-order valence-electron chi connectivity index (χ1n) is 10.6. The van der Waals surface area contributed by atoms with Crippen molar-refractivity contribution in [3.8, 4) is 11.5 Å². The van der Waals surface area contributed by atoms with Gasteiger partial charge in [-0.25, -0.2) is 4.98 Å². The molecule has 4 aromatic rings. The van der Waals surface area contributed by atoms with E-state index in [9.17, 15) is 14.4 Å². The maximum absolute atomic E-state index is 13.2. The Morgan fingerprint density at radius 3 is 2.46 bits per heavy atom. The summed E-state index contributed by atoms with van der Waals surface area (Å²) in [5.41, 5.74) is 1.30. The summed E-state index contributed by atoms with van der Waals surface area (Å²) in [4.78, 5) is 43.9. The molecule has 35 heavy (non-hydrogen) atoms. The van der Waals surface area contributed by atoms with Gasteiger partial charge in [0.05, 0.1) is 30.9 Å². The quantitative estimate of drug-likeness (QED) is 0.353. The van der Waals surface area contributed by atoms with Crippen LogP contribution in [0.15, 0.2) is 70.1 Å². The summed E-state index contributed by atoms with van der Waals surface area (Å²) in [5, 5.41) is 3.06. The molecule has 2 aromatic heterocycles. The van der Waals surface area contributed by atoms with E-state index in [4.69, 9.17) is 9.47 Å². The van der Waals surface area contributed by atoms with Crippen LogP contribution in [-0.4, -0.2) is 35.5 Å². The van der Waals surface area contributed by atoms with E-state index in [-0.39, 0.29) is 17.5 Å². The molecule has 0 aliphatic heterocycles. The predicted octanol–water partition coefficient (Wildman–Crippen LogP) is 4.35. The van der Waals surface area contributed by atoms with Gasteiger partial charge >= 0.3 is 0 Å². The molecule has 2 heterocycles. The molecular formula is C26H22BrN3O5. The van der Waals surface area contributed by atoms with Gasteiger partial charge in [0, 0.05) is 28.0 Å². The van der Waals surface area contributed by atoms with Crippen molar-refractivity contribution in [2.24, 2.45) is 0 Å². The van der Waals surface area contributed by atoms with Crippen molar-refractivity contribution in [3.63, 3.8) is 0 Å². The molecule has 0 spiro atoms. The van der Waals surface area contributed by atoms with Gasteiger partial charge in [0.15, 0.2) is 5.78 Å². The fraction of sp³-hybridized carbons (Fsp3) is 0.154. The van der Waals surface area contributed by atoms with Crippen LogP contribution in [0.4, 0.5) is 5.69 Å². The zero-order chi connectivity index (χ0) is 25.1. The summed E-state index contributed by atoms with van der Waals surface area (Å²) in [7, 11) is 3.03. The average Bonchev–Trinajstić information content (AvgIpc) is 2.85. The molecule has 0 bridgehead atoms. The number of halogens is 1. The number of carbonyl (C=O) groups excluding carboxylic acids is 2. The monoisotopic (exact) mass is 535 g/mol. The molecule has 2 aromatic carbocycles. The summed E-state index contributed by atoms with van der Waals surface area (Å²) in [6.07, 6.45) is 1.39. The Bertz CT molecular complexity index is 1500. The Kier molecular flexibility index (Phi) is 6.97. The third-order valence-electron chi connectivity index (χ3n) is 5.41. The van der Waals surface area contributed by atoms with Crippen molar-refractivity contribution in [1.82, 2.24) is 9.55 Å². The van der Waals surface area contributed by atoms with E-state index in [1.54, 1.807) is 61.5 Å². The third-order valence-corrected chi connectivity index (χ3v) is 5.93. The van der Waals surface area contributed by atoms with Gasteiger partial charge in [-0.05, 0) is 55.5 Å². The Labute approximate surface area is 209 Å². The lowest BCUT2D eigenvalue weighted by Gasteiger charge is -2.15. The van der Waals surface area contributed by atoms with Crippen LogP contribution in [0, 0.1) is 6.92 Å². The summed E-state index contributed by atoms with van der Waals surface area (Å²) >= 11 is 3.34. The van der Waals surface area contributed by atoms with E-state index in [1.807, 2.05) is 0 Å².